The van der Waals surface area contributed by atoms with E-state index in [2.05, 4.69) is 55.4 Å². The van der Waals surface area contributed by atoms with Gasteiger partial charge in [0.1, 0.15) is 12.1 Å². The Balaban J connectivity index is 0.961. The van der Waals surface area contributed by atoms with E-state index in [1.807, 2.05) is 54.6 Å². The lowest BCUT2D eigenvalue weighted by molar-refractivity contribution is -0.121. The summed E-state index contributed by atoms with van der Waals surface area (Å²) in [6.45, 7) is 2.94. The molecule has 1 fully saturated rings. The number of rotatable bonds is 9. The van der Waals surface area contributed by atoms with Crippen molar-refractivity contribution >= 4 is 61.5 Å². The molecule has 61 heavy (non-hydrogen) atoms. The molecule has 1 unspecified atom stereocenters. The second kappa shape index (κ2) is 14.9. The molecule has 0 aliphatic carbocycles. The average molecular weight is 807 g/mol. The molecule has 0 saturated carbocycles. The molecular formula is C48H38N8O5. The zero-order valence-electron chi connectivity index (χ0n) is 32.9. The van der Waals surface area contributed by atoms with Crippen molar-refractivity contribution in [3.05, 3.63) is 156 Å². The molecule has 3 aliphatic heterocycles. The van der Waals surface area contributed by atoms with Gasteiger partial charge in [0.05, 0.1) is 22.9 Å². The molecule has 0 radical (unpaired) electrons. The molecule has 3 amide bonds. The van der Waals surface area contributed by atoms with Crippen molar-refractivity contribution in [2.24, 2.45) is 0 Å². The van der Waals surface area contributed by atoms with Crippen LogP contribution < -0.4 is 24.6 Å². The number of hydrogen-bond donors (Lipinski definition) is 1. The Bertz CT molecular complexity index is 3030. The number of anilines is 2. The van der Waals surface area contributed by atoms with Gasteiger partial charge in [-0.2, -0.15) is 4.98 Å². The minimum atomic E-state index is -0.329. The van der Waals surface area contributed by atoms with Gasteiger partial charge in [-0.1, -0.05) is 66.7 Å². The highest BCUT2D eigenvalue weighted by molar-refractivity contribution is 6.38. The van der Waals surface area contributed by atoms with E-state index in [4.69, 9.17) is 14.5 Å². The summed E-state index contributed by atoms with van der Waals surface area (Å²) < 4.78 is 12.8. The number of amides is 3. The second-order valence-corrected chi connectivity index (χ2v) is 15.5. The van der Waals surface area contributed by atoms with Crippen LogP contribution in [0.25, 0.3) is 38.3 Å². The van der Waals surface area contributed by atoms with Crippen LogP contribution in [0, 0.1) is 0 Å². The number of piperazine rings is 1. The van der Waals surface area contributed by atoms with Crippen LogP contribution in [0.3, 0.4) is 0 Å². The minimum Gasteiger partial charge on any atom is -0.454 e. The summed E-state index contributed by atoms with van der Waals surface area (Å²) in [5.74, 6) is 1.83. The van der Waals surface area contributed by atoms with Crippen LogP contribution in [0.5, 0.6) is 11.5 Å². The Kier molecular flexibility index (Phi) is 8.89. The molecule has 3 aliphatic rings. The first-order valence-electron chi connectivity index (χ1n) is 20.3. The van der Waals surface area contributed by atoms with Crippen LogP contribution in [-0.2, 0) is 17.9 Å². The predicted molar refractivity (Wildman–Crippen MR) is 231 cm³/mol. The van der Waals surface area contributed by atoms with Crippen LogP contribution in [0.2, 0.25) is 0 Å². The molecule has 8 aromatic rings. The normalized spacial score (nSPS) is 16.2. The molecule has 0 bridgehead atoms. The summed E-state index contributed by atoms with van der Waals surface area (Å²) in [5.41, 5.74) is 3.39. The standard InChI is InChI=1S/C48H38N8O5/c57-44(51-25-30-13-14-41-42(21-30)61-29-60-41)24-33-26-53(19-20-55(33)43-15-16-50-48(52-43)54-18-17-49-28-54)27-40-34-9-3-4-10-35(34)45(39-23-32-8-2-1-7-31(32)22-38(39)40)56-46(58)36-11-5-6-12-37(36)47(56)59/h1-18,21-23,28,33H,19-20,24-27,29H2,(H,51,57). The van der Waals surface area contributed by atoms with E-state index in [0.29, 0.717) is 67.0 Å². The third-order valence-corrected chi connectivity index (χ3v) is 11.9. The smallest absolute Gasteiger partial charge is 0.266 e. The Morgan fingerprint density at radius 2 is 1.49 bits per heavy atom. The predicted octanol–water partition coefficient (Wildman–Crippen LogP) is 7.05. The number of imide groups is 1. The maximum atomic E-state index is 14.1. The van der Waals surface area contributed by atoms with Crippen molar-refractivity contribution in [3.8, 4) is 17.4 Å². The van der Waals surface area contributed by atoms with Crippen LogP contribution >= 0.6 is 0 Å². The number of imidazole rings is 1. The van der Waals surface area contributed by atoms with Gasteiger partial charge in [-0.3, -0.25) is 23.9 Å². The molecule has 13 heteroatoms. The van der Waals surface area contributed by atoms with Gasteiger partial charge in [-0.15, -0.1) is 0 Å². The second-order valence-electron chi connectivity index (χ2n) is 15.5. The molecule has 1 N–H and O–H groups in total. The summed E-state index contributed by atoms with van der Waals surface area (Å²) in [7, 11) is 0. The van der Waals surface area contributed by atoms with Gasteiger partial charge in [0.2, 0.25) is 18.6 Å². The number of aromatic nitrogens is 4. The van der Waals surface area contributed by atoms with E-state index in [9.17, 15) is 14.4 Å². The van der Waals surface area contributed by atoms with Gasteiger partial charge in [0.25, 0.3) is 11.8 Å². The van der Waals surface area contributed by atoms with E-state index in [-0.39, 0.29) is 37.0 Å². The molecule has 6 aromatic carbocycles. The Morgan fingerprint density at radius 3 is 2.28 bits per heavy atom. The van der Waals surface area contributed by atoms with Crippen molar-refractivity contribution in [1.82, 2.24) is 29.7 Å². The number of nitrogens with one attached hydrogen (secondary N) is 1. The van der Waals surface area contributed by atoms with Gasteiger partial charge in [0, 0.05) is 68.5 Å². The van der Waals surface area contributed by atoms with Gasteiger partial charge < -0.3 is 19.7 Å². The third-order valence-electron chi connectivity index (χ3n) is 11.9. The van der Waals surface area contributed by atoms with E-state index in [1.165, 1.54) is 4.90 Å². The number of carbonyl (C=O) groups excluding carboxylic acids is 3. The first-order chi connectivity index (χ1) is 30.0. The fourth-order valence-electron chi connectivity index (χ4n) is 9.03. The van der Waals surface area contributed by atoms with Gasteiger partial charge in [-0.05, 0) is 75.1 Å². The fraction of sp³-hybridized carbons (Fsp3) is 0.167. The summed E-state index contributed by atoms with van der Waals surface area (Å²) in [6.07, 6.45) is 7.10. The lowest BCUT2D eigenvalue weighted by Crippen LogP contribution is -2.54. The van der Waals surface area contributed by atoms with Crippen molar-refractivity contribution < 1.29 is 23.9 Å². The highest BCUT2D eigenvalue weighted by Crippen LogP contribution is 2.44. The number of carbonyl (C=O) groups is 3. The lowest BCUT2D eigenvalue weighted by Gasteiger charge is -2.42. The summed E-state index contributed by atoms with van der Waals surface area (Å²) >= 11 is 0. The monoisotopic (exact) mass is 806 g/mol. The number of ether oxygens (including phenoxy) is 2. The average Bonchev–Trinajstić information content (AvgIpc) is 4.06. The van der Waals surface area contributed by atoms with E-state index in [0.717, 1.165) is 49.3 Å². The molecule has 13 nitrogen and oxygen atoms in total. The number of fused-ring (bicyclic) bond motifs is 5. The highest BCUT2D eigenvalue weighted by Gasteiger charge is 2.39. The third kappa shape index (κ3) is 6.46. The maximum Gasteiger partial charge on any atom is 0.266 e. The summed E-state index contributed by atoms with van der Waals surface area (Å²) in [4.78, 5) is 61.7. The Morgan fingerprint density at radius 1 is 0.754 bits per heavy atom. The van der Waals surface area contributed by atoms with Crippen molar-refractivity contribution in [1.29, 1.82) is 0 Å². The molecule has 0 spiro atoms. The van der Waals surface area contributed by atoms with E-state index in [1.54, 1.807) is 53.8 Å². The zero-order chi connectivity index (χ0) is 41.0. The maximum absolute atomic E-state index is 14.1. The van der Waals surface area contributed by atoms with E-state index < -0.39 is 0 Å². The molecular weight excluding hydrogens is 769 g/mol. The lowest BCUT2D eigenvalue weighted by atomic mass is 9.91. The van der Waals surface area contributed by atoms with Crippen molar-refractivity contribution in [2.75, 3.05) is 36.2 Å². The van der Waals surface area contributed by atoms with Crippen LogP contribution in [0.4, 0.5) is 11.5 Å². The van der Waals surface area contributed by atoms with Crippen LogP contribution in [-0.4, -0.2) is 74.6 Å². The van der Waals surface area contributed by atoms with Gasteiger partial charge >= 0.3 is 0 Å². The molecule has 2 aromatic heterocycles. The van der Waals surface area contributed by atoms with Gasteiger partial charge in [0.15, 0.2) is 11.5 Å². The Hall–Kier alpha value is -7.64. The van der Waals surface area contributed by atoms with Crippen molar-refractivity contribution in [2.45, 2.75) is 25.6 Å². The fourth-order valence-corrected chi connectivity index (χ4v) is 9.03. The first kappa shape index (κ1) is 36.4. The van der Waals surface area contributed by atoms with Crippen molar-refractivity contribution in [3.63, 3.8) is 0 Å². The minimum absolute atomic E-state index is 0.0916. The summed E-state index contributed by atoms with van der Waals surface area (Å²) in [6, 6.07) is 34.9. The molecule has 1 atom stereocenters. The highest BCUT2D eigenvalue weighted by atomic mass is 16.7. The number of hydrogen-bond acceptors (Lipinski definition) is 10. The molecule has 300 valence electrons. The van der Waals surface area contributed by atoms with Crippen LogP contribution in [0.1, 0.15) is 38.3 Å². The Labute approximate surface area is 349 Å². The van der Waals surface area contributed by atoms with Crippen LogP contribution in [0.15, 0.2) is 134 Å². The topological polar surface area (TPSA) is 135 Å². The molecule has 1 saturated heterocycles. The SMILES string of the molecule is O=C(CC1CN(Cc2c3ccccc3c(N3C(=O)c4ccccc4C3=O)c3cc4ccccc4cc23)CCN1c1ccnc(-n2ccnc2)n1)NCc1ccc2c(c1)OCO2. The van der Waals surface area contributed by atoms with Gasteiger partial charge in [-0.25, -0.2) is 14.9 Å². The quantitative estimate of drug-likeness (QED) is 0.120. The number of benzene rings is 6. The largest absolute Gasteiger partial charge is 0.454 e. The van der Waals surface area contributed by atoms with E-state index >= 15 is 0 Å². The number of nitrogens with zero attached hydrogens (tertiary/aromatic N) is 7. The molecule has 5 heterocycles. The molecule has 11 rings (SSSR count). The zero-order valence-corrected chi connectivity index (χ0v) is 32.9. The first-order valence-corrected chi connectivity index (χ1v) is 20.3. The summed E-state index contributed by atoms with van der Waals surface area (Å²) in [5, 5.41) is 8.76.